The SMILES string of the molecule is CN(C)c1cccc(-n2c(=O)n(-c3ccc(C(=O)Nc4cccc(C(F)(F)F)c4)cc3)c3c(N)ncnc32)c1. The molecule has 0 saturated heterocycles. The molecule has 0 saturated carbocycles. The number of anilines is 3. The number of carbonyl (C=O) groups excluding carboxylic acids is 1. The van der Waals surface area contributed by atoms with Gasteiger partial charge in [-0.15, -0.1) is 0 Å². The normalized spacial score (nSPS) is 11.5. The molecule has 2 aromatic heterocycles. The van der Waals surface area contributed by atoms with E-state index in [9.17, 15) is 22.8 Å². The van der Waals surface area contributed by atoms with Crippen LogP contribution in [0.3, 0.4) is 0 Å². The number of imidazole rings is 1. The number of nitrogen functional groups attached to an aromatic ring is 1. The Kier molecular flexibility index (Phi) is 6.30. The predicted octanol–water partition coefficient (Wildman–Crippen LogP) is 4.49. The molecule has 3 N–H and O–H groups in total. The number of rotatable bonds is 5. The molecular formula is C27H22F3N7O2. The van der Waals surface area contributed by atoms with E-state index in [0.29, 0.717) is 22.5 Å². The van der Waals surface area contributed by atoms with Crippen molar-refractivity contribution >= 4 is 34.3 Å². The van der Waals surface area contributed by atoms with Crippen LogP contribution < -0.4 is 21.6 Å². The second kappa shape index (κ2) is 9.63. The predicted molar refractivity (Wildman–Crippen MR) is 143 cm³/mol. The van der Waals surface area contributed by atoms with Gasteiger partial charge in [0.2, 0.25) is 0 Å². The number of nitrogens with one attached hydrogen (secondary N) is 1. The van der Waals surface area contributed by atoms with E-state index in [1.807, 2.05) is 37.2 Å². The zero-order valence-electron chi connectivity index (χ0n) is 20.8. The number of alkyl halides is 3. The molecule has 0 aliphatic heterocycles. The van der Waals surface area contributed by atoms with Crippen molar-refractivity contribution in [3.63, 3.8) is 0 Å². The number of amides is 1. The Labute approximate surface area is 220 Å². The Hall–Kier alpha value is -5.13. The lowest BCUT2D eigenvalue weighted by Crippen LogP contribution is -2.22. The molecule has 0 bridgehead atoms. The summed E-state index contributed by atoms with van der Waals surface area (Å²) in [4.78, 5) is 36.7. The van der Waals surface area contributed by atoms with Crippen LogP contribution in [0.25, 0.3) is 22.5 Å². The minimum Gasteiger partial charge on any atom is -0.382 e. The van der Waals surface area contributed by atoms with Gasteiger partial charge in [0, 0.05) is 31.0 Å². The quantitative estimate of drug-likeness (QED) is 0.345. The van der Waals surface area contributed by atoms with Gasteiger partial charge in [-0.1, -0.05) is 12.1 Å². The van der Waals surface area contributed by atoms with Crippen LogP contribution in [0.15, 0.2) is 83.9 Å². The molecule has 39 heavy (non-hydrogen) atoms. The first-order chi connectivity index (χ1) is 18.5. The summed E-state index contributed by atoms with van der Waals surface area (Å²) in [6.45, 7) is 0. The van der Waals surface area contributed by atoms with Crippen LogP contribution in [0.2, 0.25) is 0 Å². The summed E-state index contributed by atoms with van der Waals surface area (Å²) in [5.74, 6) is -0.523. The highest BCUT2D eigenvalue weighted by Gasteiger charge is 2.30. The van der Waals surface area contributed by atoms with Gasteiger partial charge in [-0.2, -0.15) is 13.2 Å². The lowest BCUT2D eigenvalue weighted by atomic mass is 10.1. The fourth-order valence-electron chi connectivity index (χ4n) is 4.17. The molecule has 0 unspecified atom stereocenters. The fourth-order valence-corrected chi connectivity index (χ4v) is 4.17. The third-order valence-corrected chi connectivity index (χ3v) is 6.09. The van der Waals surface area contributed by atoms with Gasteiger partial charge in [0.15, 0.2) is 11.5 Å². The van der Waals surface area contributed by atoms with Gasteiger partial charge in [-0.25, -0.2) is 19.3 Å². The van der Waals surface area contributed by atoms with Crippen LogP contribution >= 0.6 is 0 Å². The van der Waals surface area contributed by atoms with Gasteiger partial charge in [0.05, 0.1) is 16.9 Å². The molecule has 5 aromatic rings. The van der Waals surface area contributed by atoms with E-state index in [4.69, 9.17) is 5.73 Å². The summed E-state index contributed by atoms with van der Waals surface area (Å²) in [7, 11) is 3.77. The molecular weight excluding hydrogens is 511 g/mol. The molecule has 5 rings (SSSR count). The molecule has 0 radical (unpaired) electrons. The number of halogens is 3. The van der Waals surface area contributed by atoms with Gasteiger partial charge in [-0.05, 0) is 60.7 Å². The summed E-state index contributed by atoms with van der Waals surface area (Å²) in [6, 6.07) is 17.7. The van der Waals surface area contributed by atoms with Crippen LogP contribution in [0.5, 0.6) is 0 Å². The van der Waals surface area contributed by atoms with Crippen LogP contribution in [0.4, 0.5) is 30.4 Å². The first-order valence-electron chi connectivity index (χ1n) is 11.7. The van der Waals surface area contributed by atoms with Gasteiger partial charge in [0.1, 0.15) is 11.8 Å². The van der Waals surface area contributed by atoms with Crippen LogP contribution in [-0.2, 0) is 6.18 Å². The number of hydrogen-bond donors (Lipinski definition) is 2. The van der Waals surface area contributed by atoms with E-state index in [0.717, 1.165) is 17.8 Å². The van der Waals surface area contributed by atoms with Gasteiger partial charge in [-0.3, -0.25) is 9.36 Å². The molecule has 3 aromatic carbocycles. The lowest BCUT2D eigenvalue weighted by molar-refractivity contribution is -0.137. The summed E-state index contributed by atoms with van der Waals surface area (Å²) < 4.78 is 41.8. The maximum atomic E-state index is 13.7. The minimum atomic E-state index is -4.53. The zero-order valence-corrected chi connectivity index (χ0v) is 20.8. The standard InChI is InChI=1S/C27H22F3N7O2/c1-35(2)20-7-4-8-21(14-20)37-24-22(23(31)32-15-33-24)36(26(37)39)19-11-9-16(10-12-19)25(38)34-18-6-3-5-17(13-18)27(28,29)30/h3-15H,1-2H3,(H,34,38)(H2,31,32,33). The zero-order chi connectivity index (χ0) is 27.9. The Morgan fingerprint density at radius 2 is 1.64 bits per heavy atom. The highest BCUT2D eigenvalue weighted by molar-refractivity contribution is 6.04. The van der Waals surface area contributed by atoms with Crippen LogP contribution in [-0.4, -0.2) is 39.1 Å². The number of benzene rings is 3. The molecule has 1 amide bonds. The van der Waals surface area contributed by atoms with Crippen molar-refractivity contribution in [1.29, 1.82) is 0 Å². The van der Waals surface area contributed by atoms with Crippen molar-refractivity contribution in [2.75, 3.05) is 30.0 Å². The van der Waals surface area contributed by atoms with Gasteiger partial charge >= 0.3 is 11.9 Å². The van der Waals surface area contributed by atoms with Gasteiger partial charge in [0.25, 0.3) is 5.91 Å². The largest absolute Gasteiger partial charge is 0.416 e. The second-order valence-electron chi connectivity index (χ2n) is 8.88. The summed E-state index contributed by atoms with van der Waals surface area (Å²) in [6.07, 6.45) is -3.26. The van der Waals surface area contributed by atoms with E-state index in [1.54, 1.807) is 6.07 Å². The van der Waals surface area contributed by atoms with E-state index in [2.05, 4.69) is 15.3 Å². The molecule has 12 heteroatoms. The molecule has 2 heterocycles. The van der Waals surface area contributed by atoms with E-state index < -0.39 is 23.3 Å². The number of carbonyl (C=O) groups is 1. The second-order valence-corrected chi connectivity index (χ2v) is 8.88. The van der Waals surface area contributed by atoms with Crippen molar-refractivity contribution in [3.05, 3.63) is 101 Å². The number of hydrogen-bond acceptors (Lipinski definition) is 6. The molecule has 0 fully saturated rings. The Morgan fingerprint density at radius 3 is 2.33 bits per heavy atom. The smallest absolute Gasteiger partial charge is 0.382 e. The molecule has 0 atom stereocenters. The summed E-state index contributed by atoms with van der Waals surface area (Å²) in [5, 5.41) is 2.46. The number of nitrogens with two attached hydrogens (primary N) is 1. The molecule has 198 valence electrons. The van der Waals surface area contributed by atoms with E-state index in [-0.39, 0.29) is 17.1 Å². The number of nitrogens with zero attached hydrogens (tertiary/aromatic N) is 5. The fraction of sp³-hybridized carbons (Fsp3) is 0.111. The molecule has 0 aliphatic rings. The maximum absolute atomic E-state index is 13.7. The van der Waals surface area contributed by atoms with Gasteiger partial charge < -0.3 is 16.0 Å². The third kappa shape index (κ3) is 4.79. The number of aromatic nitrogens is 4. The highest BCUT2D eigenvalue weighted by Crippen LogP contribution is 2.31. The molecule has 0 spiro atoms. The monoisotopic (exact) mass is 533 g/mol. The third-order valence-electron chi connectivity index (χ3n) is 6.09. The average Bonchev–Trinajstić information content (AvgIpc) is 3.21. The number of fused-ring (bicyclic) bond motifs is 1. The van der Waals surface area contributed by atoms with Crippen LogP contribution in [0.1, 0.15) is 15.9 Å². The van der Waals surface area contributed by atoms with E-state index in [1.165, 1.54) is 51.9 Å². The van der Waals surface area contributed by atoms with Crippen molar-refractivity contribution in [2.45, 2.75) is 6.18 Å². The highest BCUT2D eigenvalue weighted by atomic mass is 19.4. The van der Waals surface area contributed by atoms with Crippen molar-refractivity contribution in [3.8, 4) is 11.4 Å². The summed E-state index contributed by atoms with van der Waals surface area (Å²) in [5.41, 5.74) is 7.45. The first-order valence-corrected chi connectivity index (χ1v) is 11.7. The van der Waals surface area contributed by atoms with E-state index >= 15 is 0 Å². The Balaban J connectivity index is 1.53. The first kappa shape index (κ1) is 25.5. The molecule has 9 nitrogen and oxygen atoms in total. The van der Waals surface area contributed by atoms with Crippen molar-refractivity contribution in [2.24, 2.45) is 0 Å². The topological polar surface area (TPSA) is 111 Å². The molecule has 0 aliphatic carbocycles. The lowest BCUT2D eigenvalue weighted by Gasteiger charge is -2.13. The minimum absolute atomic E-state index is 0.00284. The Morgan fingerprint density at radius 1 is 0.923 bits per heavy atom. The maximum Gasteiger partial charge on any atom is 0.416 e. The summed E-state index contributed by atoms with van der Waals surface area (Å²) >= 11 is 0. The van der Waals surface area contributed by atoms with Crippen molar-refractivity contribution in [1.82, 2.24) is 19.1 Å². The Bertz CT molecular complexity index is 1760. The average molecular weight is 534 g/mol. The van der Waals surface area contributed by atoms with Crippen molar-refractivity contribution < 1.29 is 18.0 Å². The van der Waals surface area contributed by atoms with Crippen LogP contribution in [0, 0.1) is 0 Å².